The molecular formula is C31H30N2O5S. The summed E-state index contributed by atoms with van der Waals surface area (Å²) in [5, 5.41) is 9.66. The third kappa shape index (κ3) is 6.72. The summed E-state index contributed by atoms with van der Waals surface area (Å²) in [6.45, 7) is 7.82. The van der Waals surface area contributed by atoms with Gasteiger partial charge in [0.05, 0.1) is 23.4 Å². The Hall–Kier alpha value is -4.43. The molecule has 0 saturated carbocycles. The molecule has 1 aromatic heterocycles. The molecule has 0 aliphatic rings. The molecule has 200 valence electrons. The number of aliphatic imine (C=N–C) groups is 1. The fourth-order valence-electron chi connectivity index (χ4n) is 3.98. The fourth-order valence-corrected chi connectivity index (χ4v) is 5.02. The van der Waals surface area contributed by atoms with Crippen LogP contribution < -0.4 is 14.2 Å². The number of carboxylic acid groups (broad SMARTS) is 1. The lowest BCUT2D eigenvalue weighted by Crippen LogP contribution is -2.10. The van der Waals surface area contributed by atoms with E-state index >= 15 is 0 Å². The van der Waals surface area contributed by atoms with Crippen LogP contribution in [-0.2, 0) is 11.4 Å². The van der Waals surface area contributed by atoms with Gasteiger partial charge < -0.3 is 19.3 Å². The van der Waals surface area contributed by atoms with Gasteiger partial charge in [0.2, 0.25) is 0 Å². The van der Waals surface area contributed by atoms with Crippen molar-refractivity contribution >= 4 is 35.3 Å². The third-order valence-corrected chi connectivity index (χ3v) is 6.90. The molecular weight excluding hydrogens is 512 g/mol. The van der Waals surface area contributed by atoms with Gasteiger partial charge in [0.25, 0.3) is 0 Å². The van der Waals surface area contributed by atoms with Crippen LogP contribution in [0.2, 0.25) is 0 Å². The van der Waals surface area contributed by atoms with E-state index < -0.39 is 12.6 Å². The lowest BCUT2D eigenvalue weighted by Gasteiger charge is -2.10. The molecule has 8 heteroatoms. The van der Waals surface area contributed by atoms with Crippen molar-refractivity contribution < 1.29 is 24.1 Å². The Labute approximate surface area is 232 Å². The molecule has 0 atom stereocenters. The maximum atomic E-state index is 10.8. The monoisotopic (exact) mass is 542 g/mol. The number of carboxylic acids is 1. The van der Waals surface area contributed by atoms with Crippen molar-refractivity contribution in [3.05, 3.63) is 83.4 Å². The second-order valence-corrected chi connectivity index (χ2v) is 9.66. The highest BCUT2D eigenvalue weighted by atomic mass is 32.1. The van der Waals surface area contributed by atoms with Gasteiger partial charge in [0.1, 0.15) is 28.9 Å². The minimum Gasteiger partial charge on any atom is -0.497 e. The number of aromatic nitrogens is 1. The maximum Gasteiger partial charge on any atom is 0.341 e. The van der Waals surface area contributed by atoms with Crippen molar-refractivity contribution in [3.63, 3.8) is 0 Å². The van der Waals surface area contributed by atoms with Crippen molar-refractivity contribution in [2.45, 2.75) is 26.9 Å². The average molecular weight is 543 g/mol. The van der Waals surface area contributed by atoms with Crippen molar-refractivity contribution in [2.24, 2.45) is 4.99 Å². The van der Waals surface area contributed by atoms with Crippen LogP contribution in [0.4, 0.5) is 5.69 Å². The number of nitrogens with zero attached hydrogens (tertiary/aromatic N) is 2. The molecule has 0 saturated heterocycles. The molecule has 1 N–H and O–H groups in total. The molecule has 0 unspecified atom stereocenters. The van der Waals surface area contributed by atoms with Gasteiger partial charge in [0, 0.05) is 22.9 Å². The minimum absolute atomic E-state index is 0.264. The zero-order chi connectivity index (χ0) is 27.8. The first-order valence-electron chi connectivity index (χ1n) is 12.4. The molecule has 0 aliphatic heterocycles. The summed E-state index contributed by atoms with van der Waals surface area (Å²) in [4.78, 5) is 21.4. The van der Waals surface area contributed by atoms with Crippen LogP contribution in [0.1, 0.15) is 29.5 Å². The second kappa shape index (κ2) is 12.9. The van der Waals surface area contributed by atoms with Gasteiger partial charge in [-0.05, 0) is 67.4 Å². The Balaban J connectivity index is 1.69. The van der Waals surface area contributed by atoms with Gasteiger partial charge in [-0.25, -0.2) is 9.78 Å². The fraction of sp³-hybridized carbons (Fsp3) is 0.194. The standard InChI is InChI=1S/C31H30N2O5S/c1-5-16-32-26-9-7-8-25(24(26)6-2)31-30(21-10-12-22(36-4)13-11-21)33-28(39-31)18-37-23-14-15-27(20(3)17-23)38-19-29(34)35/h6-17H,2,5,18-19H2,1,3-4H3,(H,34,35). The Morgan fingerprint density at radius 2 is 1.87 bits per heavy atom. The zero-order valence-electron chi connectivity index (χ0n) is 22.1. The number of carbonyl (C=O) groups is 1. The summed E-state index contributed by atoms with van der Waals surface area (Å²) in [5.41, 5.74) is 5.39. The molecule has 3 aromatic carbocycles. The molecule has 0 aliphatic carbocycles. The minimum atomic E-state index is -1.02. The number of aryl methyl sites for hydroxylation is 1. The molecule has 4 rings (SSSR count). The Bertz CT molecular complexity index is 1490. The highest BCUT2D eigenvalue weighted by Gasteiger charge is 2.19. The van der Waals surface area contributed by atoms with Gasteiger partial charge in [-0.3, -0.25) is 4.99 Å². The number of aliphatic carboxylic acids is 1. The molecule has 0 radical (unpaired) electrons. The number of thiazole rings is 1. The van der Waals surface area contributed by atoms with E-state index in [2.05, 4.69) is 24.6 Å². The normalized spacial score (nSPS) is 10.9. The highest BCUT2D eigenvalue weighted by Crippen LogP contribution is 2.42. The van der Waals surface area contributed by atoms with E-state index in [4.69, 9.17) is 24.3 Å². The molecule has 0 fully saturated rings. The Morgan fingerprint density at radius 3 is 2.54 bits per heavy atom. The number of rotatable bonds is 12. The second-order valence-electron chi connectivity index (χ2n) is 8.57. The number of hydrogen-bond acceptors (Lipinski definition) is 7. The average Bonchev–Trinajstić information content (AvgIpc) is 3.38. The van der Waals surface area contributed by atoms with Gasteiger partial charge in [-0.15, -0.1) is 11.3 Å². The predicted octanol–water partition coefficient (Wildman–Crippen LogP) is 7.59. The maximum absolute atomic E-state index is 10.8. The van der Waals surface area contributed by atoms with Crippen LogP contribution in [0.25, 0.3) is 27.8 Å². The van der Waals surface area contributed by atoms with Gasteiger partial charge in [0.15, 0.2) is 6.61 Å². The van der Waals surface area contributed by atoms with Gasteiger partial charge >= 0.3 is 5.97 Å². The van der Waals surface area contributed by atoms with E-state index in [1.54, 1.807) is 30.6 Å². The molecule has 1 heterocycles. The first kappa shape index (κ1) is 27.6. The topological polar surface area (TPSA) is 90.2 Å². The van der Waals surface area contributed by atoms with E-state index in [0.717, 1.165) is 55.7 Å². The molecule has 39 heavy (non-hydrogen) atoms. The highest BCUT2D eigenvalue weighted by molar-refractivity contribution is 7.15. The summed E-state index contributed by atoms with van der Waals surface area (Å²) in [7, 11) is 1.64. The summed E-state index contributed by atoms with van der Waals surface area (Å²) in [6, 6.07) is 19.2. The van der Waals surface area contributed by atoms with E-state index in [1.165, 1.54) is 0 Å². The lowest BCUT2D eigenvalue weighted by molar-refractivity contribution is -0.139. The zero-order valence-corrected chi connectivity index (χ0v) is 23.0. The van der Waals surface area contributed by atoms with Crippen LogP contribution in [0.15, 0.2) is 72.2 Å². The molecule has 4 aromatic rings. The summed E-state index contributed by atoms with van der Waals surface area (Å²) in [6.07, 6.45) is 4.57. The number of benzene rings is 3. The summed E-state index contributed by atoms with van der Waals surface area (Å²) < 4.78 is 16.7. The molecule has 0 bridgehead atoms. The third-order valence-electron chi connectivity index (χ3n) is 5.84. The summed E-state index contributed by atoms with van der Waals surface area (Å²) in [5.74, 6) is 0.892. The van der Waals surface area contributed by atoms with Crippen LogP contribution in [0.5, 0.6) is 17.2 Å². The van der Waals surface area contributed by atoms with Crippen LogP contribution in [0.3, 0.4) is 0 Å². The van der Waals surface area contributed by atoms with Crippen molar-refractivity contribution in [1.29, 1.82) is 0 Å². The van der Waals surface area contributed by atoms with E-state index in [0.29, 0.717) is 11.5 Å². The number of ether oxygens (including phenoxy) is 3. The number of hydrogen-bond donors (Lipinski definition) is 1. The molecule has 0 spiro atoms. The first-order valence-corrected chi connectivity index (χ1v) is 13.3. The lowest BCUT2D eigenvalue weighted by atomic mass is 10.0. The van der Waals surface area contributed by atoms with Gasteiger partial charge in [-0.1, -0.05) is 31.7 Å². The molecule has 7 nitrogen and oxygen atoms in total. The van der Waals surface area contributed by atoms with Crippen LogP contribution in [0, 0.1) is 6.92 Å². The number of methoxy groups -OCH3 is 1. The van der Waals surface area contributed by atoms with E-state index in [9.17, 15) is 4.79 Å². The largest absolute Gasteiger partial charge is 0.497 e. The quantitative estimate of drug-likeness (QED) is 0.186. The van der Waals surface area contributed by atoms with Crippen LogP contribution >= 0.6 is 11.3 Å². The Morgan fingerprint density at radius 1 is 1.10 bits per heavy atom. The molecule has 0 amide bonds. The predicted molar refractivity (Wildman–Crippen MR) is 157 cm³/mol. The van der Waals surface area contributed by atoms with Crippen LogP contribution in [-0.4, -0.2) is 36.0 Å². The van der Waals surface area contributed by atoms with Crippen molar-refractivity contribution in [3.8, 4) is 38.9 Å². The Kier molecular flexibility index (Phi) is 9.12. The smallest absolute Gasteiger partial charge is 0.341 e. The summed E-state index contributed by atoms with van der Waals surface area (Å²) >= 11 is 1.56. The van der Waals surface area contributed by atoms with Crippen molar-refractivity contribution in [1.82, 2.24) is 4.98 Å². The van der Waals surface area contributed by atoms with E-state index in [1.807, 2.05) is 61.7 Å². The van der Waals surface area contributed by atoms with E-state index in [-0.39, 0.29) is 6.61 Å². The van der Waals surface area contributed by atoms with Crippen molar-refractivity contribution in [2.75, 3.05) is 13.7 Å². The first-order chi connectivity index (χ1) is 18.9. The SMILES string of the molecule is C=Cc1c(N=CCC)cccc1-c1sc(COc2ccc(OCC(=O)O)c(C)c2)nc1-c1ccc(OC)cc1. The van der Waals surface area contributed by atoms with Gasteiger partial charge in [-0.2, -0.15) is 0 Å².